The van der Waals surface area contributed by atoms with Gasteiger partial charge in [0.25, 0.3) is 0 Å². The molecule has 0 amide bonds. The van der Waals surface area contributed by atoms with Crippen LogP contribution >= 0.6 is 0 Å². The van der Waals surface area contributed by atoms with Gasteiger partial charge in [0, 0.05) is 24.4 Å². The van der Waals surface area contributed by atoms with Crippen LogP contribution in [-0.4, -0.2) is 30.3 Å². The van der Waals surface area contributed by atoms with Crippen molar-refractivity contribution >= 4 is 5.69 Å². The van der Waals surface area contributed by atoms with Crippen LogP contribution < -0.4 is 10.6 Å². The third kappa shape index (κ3) is 5.29. The van der Waals surface area contributed by atoms with E-state index in [1.54, 1.807) is 0 Å². The van der Waals surface area contributed by atoms with E-state index in [4.69, 9.17) is 5.11 Å². The number of anilines is 1. The quantitative estimate of drug-likeness (QED) is 0.703. The molecule has 3 N–H and O–H groups in total. The van der Waals surface area contributed by atoms with E-state index in [1.807, 2.05) is 0 Å². The van der Waals surface area contributed by atoms with E-state index in [-0.39, 0.29) is 12.0 Å². The van der Waals surface area contributed by atoms with Crippen LogP contribution in [0.15, 0.2) is 24.3 Å². The fourth-order valence-corrected chi connectivity index (χ4v) is 3.13. The minimum absolute atomic E-state index is 0.219. The second kappa shape index (κ2) is 7.98. The van der Waals surface area contributed by atoms with Crippen molar-refractivity contribution in [2.75, 3.05) is 18.5 Å². The third-order valence-corrected chi connectivity index (χ3v) is 4.62. The van der Waals surface area contributed by atoms with Gasteiger partial charge in [-0.1, -0.05) is 32.9 Å². The highest BCUT2D eigenvalue weighted by Gasteiger charge is 2.20. The minimum atomic E-state index is 0.219. The van der Waals surface area contributed by atoms with Crippen LogP contribution in [-0.2, 0) is 5.41 Å². The van der Waals surface area contributed by atoms with E-state index in [0.29, 0.717) is 12.1 Å². The summed E-state index contributed by atoms with van der Waals surface area (Å²) in [6, 6.07) is 10.1. The molecule has 0 bridgehead atoms. The van der Waals surface area contributed by atoms with Gasteiger partial charge in [-0.25, -0.2) is 0 Å². The van der Waals surface area contributed by atoms with Crippen LogP contribution in [0.2, 0.25) is 0 Å². The number of rotatable bonds is 6. The Hall–Kier alpha value is -1.06. The first-order chi connectivity index (χ1) is 10.5. The molecule has 1 aliphatic rings. The first-order valence-corrected chi connectivity index (χ1v) is 8.70. The average Bonchev–Trinajstić information content (AvgIpc) is 2.49. The second-order valence-corrected chi connectivity index (χ2v) is 7.55. The lowest BCUT2D eigenvalue weighted by molar-refractivity contribution is 0.276. The highest BCUT2D eigenvalue weighted by molar-refractivity contribution is 5.46. The Morgan fingerprint density at radius 1 is 1.00 bits per heavy atom. The number of nitrogens with one attached hydrogen (secondary N) is 2. The SMILES string of the molecule is CC(C)(C)c1ccc(NC2CCC(NCCCO)CC2)cc1. The first kappa shape index (κ1) is 17.3. The van der Waals surface area contributed by atoms with Crippen molar-refractivity contribution < 1.29 is 5.11 Å². The van der Waals surface area contributed by atoms with Gasteiger partial charge in [-0.05, 0) is 61.8 Å². The van der Waals surface area contributed by atoms with Crippen molar-refractivity contribution in [2.45, 2.75) is 70.4 Å². The lowest BCUT2D eigenvalue weighted by Gasteiger charge is -2.30. The van der Waals surface area contributed by atoms with E-state index >= 15 is 0 Å². The summed E-state index contributed by atoms with van der Waals surface area (Å²) in [6.07, 6.45) is 5.75. The summed E-state index contributed by atoms with van der Waals surface area (Å²) >= 11 is 0. The van der Waals surface area contributed by atoms with Crippen molar-refractivity contribution in [1.82, 2.24) is 5.32 Å². The van der Waals surface area contributed by atoms with Gasteiger partial charge in [0.15, 0.2) is 0 Å². The maximum Gasteiger partial charge on any atom is 0.0443 e. The van der Waals surface area contributed by atoms with Crippen LogP contribution in [0.3, 0.4) is 0 Å². The van der Waals surface area contributed by atoms with Crippen molar-refractivity contribution in [2.24, 2.45) is 0 Å². The zero-order valence-corrected chi connectivity index (χ0v) is 14.4. The number of benzene rings is 1. The van der Waals surface area contributed by atoms with Gasteiger partial charge < -0.3 is 15.7 Å². The van der Waals surface area contributed by atoms with Crippen molar-refractivity contribution in [3.63, 3.8) is 0 Å². The Bertz CT molecular complexity index is 428. The molecule has 0 atom stereocenters. The molecule has 1 fully saturated rings. The minimum Gasteiger partial charge on any atom is -0.396 e. The summed E-state index contributed by atoms with van der Waals surface area (Å²) in [5.74, 6) is 0. The molecule has 22 heavy (non-hydrogen) atoms. The van der Waals surface area contributed by atoms with Crippen LogP contribution in [0, 0.1) is 0 Å². The zero-order chi connectivity index (χ0) is 16.0. The topological polar surface area (TPSA) is 44.3 Å². The lowest BCUT2D eigenvalue weighted by atomic mass is 9.87. The largest absolute Gasteiger partial charge is 0.396 e. The van der Waals surface area contributed by atoms with E-state index in [1.165, 1.54) is 36.9 Å². The molecule has 0 radical (unpaired) electrons. The molecule has 1 saturated carbocycles. The van der Waals surface area contributed by atoms with Gasteiger partial charge in [0.2, 0.25) is 0 Å². The van der Waals surface area contributed by atoms with E-state index < -0.39 is 0 Å². The fourth-order valence-electron chi connectivity index (χ4n) is 3.13. The Kier molecular flexibility index (Phi) is 6.27. The van der Waals surface area contributed by atoms with E-state index in [2.05, 4.69) is 55.7 Å². The monoisotopic (exact) mass is 304 g/mol. The number of hydrogen-bond acceptors (Lipinski definition) is 3. The summed E-state index contributed by atoms with van der Waals surface area (Å²) < 4.78 is 0. The molecule has 3 heteroatoms. The van der Waals surface area contributed by atoms with Gasteiger partial charge >= 0.3 is 0 Å². The van der Waals surface area contributed by atoms with Gasteiger partial charge in [-0.3, -0.25) is 0 Å². The van der Waals surface area contributed by atoms with Crippen LogP contribution in [0.25, 0.3) is 0 Å². The summed E-state index contributed by atoms with van der Waals surface area (Å²) in [5.41, 5.74) is 2.84. The number of aliphatic hydroxyl groups excluding tert-OH is 1. The molecule has 0 spiro atoms. The Morgan fingerprint density at radius 3 is 2.14 bits per heavy atom. The van der Waals surface area contributed by atoms with Gasteiger partial charge in [0.05, 0.1) is 0 Å². The summed E-state index contributed by atoms with van der Waals surface area (Å²) in [5, 5.41) is 16.0. The van der Waals surface area contributed by atoms with Crippen molar-refractivity contribution in [1.29, 1.82) is 0 Å². The zero-order valence-electron chi connectivity index (χ0n) is 14.4. The van der Waals surface area contributed by atoms with Crippen LogP contribution in [0.5, 0.6) is 0 Å². The lowest BCUT2D eigenvalue weighted by Crippen LogP contribution is -2.37. The van der Waals surface area contributed by atoms with Gasteiger partial charge in [-0.2, -0.15) is 0 Å². The number of aliphatic hydroxyl groups is 1. The van der Waals surface area contributed by atoms with Crippen LogP contribution in [0.4, 0.5) is 5.69 Å². The van der Waals surface area contributed by atoms with Crippen LogP contribution in [0.1, 0.15) is 58.4 Å². The molecule has 0 aliphatic heterocycles. The van der Waals surface area contributed by atoms with E-state index in [0.717, 1.165) is 13.0 Å². The Morgan fingerprint density at radius 2 is 1.59 bits per heavy atom. The molecule has 1 aliphatic carbocycles. The molecule has 0 aromatic heterocycles. The molecule has 3 nitrogen and oxygen atoms in total. The molecule has 0 unspecified atom stereocenters. The first-order valence-electron chi connectivity index (χ1n) is 8.70. The second-order valence-electron chi connectivity index (χ2n) is 7.55. The Balaban J connectivity index is 1.76. The maximum atomic E-state index is 8.82. The smallest absolute Gasteiger partial charge is 0.0443 e. The fraction of sp³-hybridized carbons (Fsp3) is 0.684. The molecule has 1 aromatic rings. The average molecular weight is 304 g/mol. The predicted octanol–water partition coefficient (Wildman–Crippen LogP) is 3.68. The van der Waals surface area contributed by atoms with Gasteiger partial charge in [-0.15, -0.1) is 0 Å². The molecular formula is C19H32N2O. The maximum absolute atomic E-state index is 8.82. The highest BCUT2D eigenvalue weighted by atomic mass is 16.3. The molecule has 0 saturated heterocycles. The predicted molar refractivity (Wildman–Crippen MR) is 94.5 cm³/mol. The van der Waals surface area contributed by atoms with Crippen molar-refractivity contribution in [3.05, 3.63) is 29.8 Å². The Labute approximate surface area is 135 Å². The molecule has 0 heterocycles. The molecule has 2 rings (SSSR count). The number of hydrogen-bond donors (Lipinski definition) is 3. The molecule has 1 aromatic carbocycles. The highest BCUT2D eigenvalue weighted by Crippen LogP contribution is 2.26. The standard InChI is InChI=1S/C19H32N2O/c1-19(2,3)15-5-7-17(8-6-15)21-18-11-9-16(10-12-18)20-13-4-14-22/h5-8,16,18,20-22H,4,9-14H2,1-3H3. The summed E-state index contributed by atoms with van der Waals surface area (Å²) in [4.78, 5) is 0. The molecular weight excluding hydrogens is 272 g/mol. The third-order valence-electron chi connectivity index (χ3n) is 4.62. The van der Waals surface area contributed by atoms with Crippen molar-refractivity contribution in [3.8, 4) is 0 Å². The molecule has 124 valence electrons. The van der Waals surface area contributed by atoms with Gasteiger partial charge in [0.1, 0.15) is 0 Å². The normalized spacial score (nSPS) is 22.5. The summed E-state index contributed by atoms with van der Waals surface area (Å²) in [6.45, 7) is 7.98. The van der Waals surface area contributed by atoms with E-state index in [9.17, 15) is 0 Å². The summed E-state index contributed by atoms with van der Waals surface area (Å²) in [7, 11) is 0.